The van der Waals surface area contributed by atoms with Gasteiger partial charge in [0, 0.05) is 12.4 Å². The van der Waals surface area contributed by atoms with Gasteiger partial charge in [0.25, 0.3) is 0 Å². The molecule has 0 saturated carbocycles. The van der Waals surface area contributed by atoms with Crippen molar-refractivity contribution in [3.05, 3.63) is 156 Å². The van der Waals surface area contributed by atoms with Crippen molar-refractivity contribution < 1.29 is 0 Å². The number of nitrogens with zero attached hydrogens (tertiary/aromatic N) is 2. The van der Waals surface area contributed by atoms with E-state index in [-0.39, 0.29) is 11.0 Å². The van der Waals surface area contributed by atoms with Crippen LogP contribution in [0.1, 0.15) is 41.4 Å². The van der Waals surface area contributed by atoms with Crippen LogP contribution >= 0.6 is 0 Å². The molecule has 0 fully saturated rings. The molecule has 0 aliphatic heterocycles. The van der Waals surface area contributed by atoms with Gasteiger partial charge in [0.05, 0.1) is 20.4 Å². The van der Waals surface area contributed by atoms with Crippen LogP contribution in [0.25, 0.3) is 0 Å². The van der Waals surface area contributed by atoms with Crippen molar-refractivity contribution in [2.75, 3.05) is 0 Å². The molecule has 36 heavy (non-hydrogen) atoms. The van der Waals surface area contributed by atoms with Crippen LogP contribution in [0.3, 0.4) is 0 Å². The number of imidazole rings is 1. The van der Waals surface area contributed by atoms with Crippen molar-refractivity contribution in [3.8, 4) is 0 Å². The summed E-state index contributed by atoms with van der Waals surface area (Å²) in [5.41, 5.74) is 6.26. The third kappa shape index (κ3) is 4.87. The first kappa shape index (κ1) is 24.1. The van der Waals surface area contributed by atoms with E-state index in [4.69, 9.17) is 4.98 Å². The molecule has 0 atom stereocenters. The maximum Gasteiger partial charge on any atom is 0.215 e. The Bertz CT molecular complexity index is 1260. The number of aromatic nitrogens is 2. The van der Waals surface area contributed by atoms with Gasteiger partial charge in [-0.2, -0.15) is 0 Å². The summed E-state index contributed by atoms with van der Waals surface area (Å²) in [6.07, 6.45) is 5.36. The van der Waals surface area contributed by atoms with E-state index in [1.54, 1.807) is 0 Å². The third-order valence-corrected chi connectivity index (χ3v) is 10.1. The van der Waals surface area contributed by atoms with Crippen LogP contribution in [0.5, 0.6) is 0 Å². The number of rotatable bonds is 10. The van der Waals surface area contributed by atoms with E-state index in [0.717, 1.165) is 5.72 Å². The molecule has 0 aliphatic carbocycles. The lowest BCUT2D eigenvalue weighted by atomic mass is 9.58. The zero-order valence-corrected chi connectivity index (χ0v) is 22.3. The van der Waals surface area contributed by atoms with Gasteiger partial charge >= 0.3 is 0 Å². The molecule has 0 saturated heterocycles. The van der Waals surface area contributed by atoms with Gasteiger partial charge in [-0.25, -0.2) is 0 Å². The molecule has 0 N–H and O–H groups in total. The highest BCUT2D eigenvalue weighted by Crippen LogP contribution is 2.34. The first-order valence-corrected chi connectivity index (χ1v) is 14.6. The second kappa shape index (κ2) is 11.4. The molecule has 5 rings (SSSR count). The number of hydrogen-bond acceptors (Lipinski definition) is 1. The molecule has 177 valence electrons. The average molecular weight is 484 g/mol. The summed E-state index contributed by atoms with van der Waals surface area (Å²) in [7, 11) is 1.73. The lowest BCUT2D eigenvalue weighted by Crippen LogP contribution is -2.49. The SMILES string of the molecule is CCC[SiH2]C(c1ccccc1)(c1ccccc1)n1ccnc1[B]C(c1ccccc1)c1ccccc1. The normalized spacial score (nSPS) is 11.8. The van der Waals surface area contributed by atoms with Crippen LogP contribution < -0.4 is 5.72 Å². The minimum Gasteiger partial charge on any atom is -0.333 e. The van der Waals surface area contributed by atoms with Gasteiger partial charge in [0.15, 0.2) is 0 Å². The van der Waals surface area contributed by atoms with Crippen LogP contribution in [0.2, 0.25) is 6.04 Å². The highest BCUT2D eigenvalue weighted by molar-refractivity contribution is 6.54. The standard InChI is InChI=1S/C32H32BN2Si/c1-2-25-36-32(28-19-11-5-12-20-28,29-21-13-6-14-22-29)35-24-23-34-31(35)33-30(26-15-7-3-8-16-26)27-17-9-4-10-18-27/h3-24,30H,2,25,36H2,1H3. The molecule has 2 nitrogen and oxygen atoms in total. The minimum absolute atomic E-state index is 0.116. The molecule has 0 aliphatic rings. The van der Waals surface area contributed by atoms with E-state index < -0.39 is 9.52 Å². The van der Waals surface area contributed by atoms with Crippen molar-refractivity contribution in [2.45, 2.75) is 30.4 Å². The van der Waals surface area contributed by atoms with E-state index >= 15 is 0 Å². The van der Waals surface area contributed by atoms with Crippen LogP contribution in [-0.2, 0) is 5.16 Å². The smallest absolute Gasteiger partial charge is 0.215 e. The summed E-state index contributed by atoms with van der Waals surface area (Å²) >= 11 is 0. The van der Waals surface area contributed by atoms with Crippen molar-refractivity contribution in [2.24, 2.45) is 0 Å². The summed E-state index contributed by atoms with van der Waals surface area (Å²) in [5, 5.41) is -0.210. The maximum absolute atomic E-state index is 4.96. The Morgan fingerprint density at radius 3 is 1.67 bits per heavy atom. The number of benzene rings is 4. The van der Waals surface area contributed by atoms with E-state index in [1.807, 2.05) is 6.20 Å². The van der Waals surface area contributed by atoms with E-state index in [1.165, 1.54) is 34.7 Å². The Morgan fingerprint density at radius 1 is 0.722 bits per heavy atom. The van der Waals surface area contributed by atoms with Crippen molar-refractivity contribution >= 4 is 22.5 Å². The monoisotopic (exact) mass is 483 g/mol. The lowest BCUT2D eigenvalue weighted by molar-refractivity contribution is 0.604. The fourth-order valence-corrected chi connectivity index (χ4v) is 7.75. The second-order valence-electron chi connectivity index (χ2n) is 9.32. The molecule has 1 radical (unpaired) electrons. The topological polar surface area (TPSA) is 17.8 Å². The van der Waals surface area contributed by atoms with Crippen molar-refractivity contribution in [1.29, 1.82) is 0 Å². The maximum atomic E-state index is 4.96. The van der Waals surface area contributed by atoms with Crippen molar-refractivity contribution in [1.82, 2.24) is 9.55 Å². The Balaban J connectivity index is 1.67. The van der Waals surface area contributed by atoms with Crippen LogP contribution in [0, 0.1) is 0 Å². The highest BCUT2D eigenvalue weighted by Gasteiger charge is 2.37. The number of hydrogen-bond donors (Lipinski definition) is 0. The zero-order valence-electron chi connectivity index (χ0n) is 20.9. The summed E-state index contributed by atoms with van der Waals surface area (Å²) in [6.45, 7) is 2.30. The predicted octanol–water partition coefficient (Wildman–Crippen LogP) is 5.75. The molecule has 1 heterocycles. The molecule has 0 unspecified atom stereocenters. The average Bonchev–Trinajstić information content (AvgIpc) is 3.43. The molecular formula is C32H32BN2Si. The summed E-state index contributed by atoms with van der Waals surface area (Å²) in [4.78, 5) is 4.96. The van der Waals surface area contributed by atoms with Gasteiger partial charge in [-0.05, 0) is 28.1 Å². The third-order valence-electron chi connectivity index (χ3n) is 7.11. The van der Waals surface area contributed by atoms with Gasteiger partial charge in [0.2, 0.25) is 7.28 Å². The zero-order chi connectivity index (χ0) is 24.6. The fourth-order valence-electron chi connectivity index (χ4n) is 5.33. The summed E-state index contributed by atoms with van der Waals surface area (Å²) < 4.78 is 2.47. The van der Waals surface area contributed by atoms with Gasteiger partial charge in [0.1, 0.15) is 0 Å². The van der Waals surface area contributed by atoms with Crippen LogP contribution in [0.15, 0.2) is 134 Å². The van der Waals surface area contributed by atoms with E-state index in [0.29, 0.717) is 0 Å². The second-order valence-corrected chi connectivity index (χ2v) is 11.5. The minimum atomic E-state index is -0.625. The van der Waals surface area contributed by atoms with Crippen LogP contribution in [-0.4, -0.2) is 26.4 Å². The predicted molar refractivity (Wildman–Crippen MR) is 155 cm³/mol. The molecule has 4 aromatic carbocycles. The lowest BCUT2D eigenvalue weighted by Gasteiger charge is -2.38. The molecule has 1 aromatic heterocycles. The molecular weight excluding hydrogens is 451 g/mol. The quantitative estimate of drug-likeness (QED) is 0.231. The Hall–Kier alpha value is -3.63. The van der Waals surface area contributed by atoms with Gasteiger partial charge in [-0.3, -0.25) is 4.98 Å². The molecule has 0 bridgehead atoms. The first-order chi connectivity index (χ1) is 17.8. The van der Waals surface area contributed by atoms with Crippen LogP contribution in [0.4, 0.5) is 0 Å². The van der Waals surface area contributed by atoms with Crippen molar-refractivity contribution in [3.63, 3.8) is 0 Å². The van der Waals surface area contributed by atoms with Gasteiger partial charge in [-0.15, -0.1) is 0 Å². The highest BCUT2D eigenvalue weighted by atomic mass is 28.2. The molecule has 0 spiro atoms. The molecule has 5 aromatic rings. The molecule has 4 heteroatoms. The Labute approximate surface area is 218 Å². The van der Waals surface area contributed by atoms with E-state index in [9.17, 15) is 0 Å². The van der Waals surface area contributed by atoms with Gasteiger partial charge < -0.3 is 4.57 Å². The molecule has 0 amide bonds. The summed E-state index contributed by atoms with van der Waals surface area (Å²) in [6, 6.07) is 44.9. The first-order valence-electron chi connectivity index (χ1n) is 12.9. The Kier molecular flexibility index (Phi) is 7.63. The van der Waals surface area contributed by atoms with Gasteiger partial charge in [-0.1, -0.05) is 141 Å². The largest absolute Gasteiger partial charge is 0.333 e. The fraction of sp³-hybridized carbons (Fsp3) is 0.156. The summed E-state index contributed by atoms with van der Waals surface area (Å²) in [5.74, 6) is 0.116. The van der Waals surface area contributed by atoms with E-state index in [2.05, 4.69) is 146 Å². The Morgan fingerprint density at radius 2 is 1.19 bits per heavy atom.